The minimum absolute atomic E-state index is 0.0613. The molecule has 1 aromatic heterocycles. The van der Waals surface area contributed by atoms with Crippen LogP contribution in [0, 0.1) is 0 Å². The Balaban J connectivity index is 1.83. The lowest BCUT2D eigenvalue weighted by Crippen LogP contribution is -2.38. The quantitative estimate of drug-likeness (QED) is 0.534. The summed E-state index contributed by atoms with van der Waals surface area (Å²) < 4.78 is 0. The topological polar surface area (TPSA) is 78.4 Å². The van der Waals surface area contributed by atoms with Crippen molar-refractivity contribution in [3.63, 3.8) is 0 Å². The zero-order valence-corrected chi connectivity index (χ0v) is 14.7. The van der Waals surface area contributed by atoms with E-state index in [0.29, 0.717) is 6.54 Å². The number of pyridine rings is 1. The van der Waals surface area contributed by atoms with E-state index in [1.165, 1.54) is 12.5 Å². The second-order valence-corrected chi connectivity index (χ2v) is 5.57. The first-order valence-corrected chi connectivity index (χ1v) is 8.46. The van der Waals surface area contributed by atoms with Gasteiger partial charge in [-0.15, -0.1) is 0 Å². The van der Waals surface area contributed by atoms with Crippen molar-refractivity contribution >= 4 is 17.6 Å². The molecule has 6 heteroatoms. The van der Waals surface area contributed by atoms with Gasteiger partial charge in [0.05, 0.1) is 12.2 Å². The molecule has 0 unspecified atom stereocenters. The lowest BCUT2D eigenvalue weighted by Gasteiger charge is -2.11. The molecule has 0 radical (unpaired) electrons. The van der Waals surface area contributed by atoms with Crippen molar-refractivity contribution in [3.05, 3.63) is 59.9 Å². The van der Waals surface area contributed by atoms with Gasteiger partial charge in [-0.05, 0) is 43.2 Å². The molecule has 1 amide bonds. The summed E-state index contributed by atoms with van der Waals surface area (Å²) in [6.07, 6.45) is 2.64. The van der Waals surface area contributed by atoms with E-state index in [-0.39, 0.29) is 5.91 Å². The fraction of sp³-hybridized carbons (Fsp3) is 0.316. The number of anilines is 1. The number of hydrogen-bond donors (Lipinski definition) is 3. The molecule has 0 aliphatic rings. The van der Waals surface area contributed by atoms with Gasteiger partial charge in [0.25, 0.3) is 0 Å². The minimum atomic E-state index is -0.0613. The summed E-state index contributed by atoms with van der Waals surface area (Å²) in [6, 6.07) is 13.7. The molecule has 25 heavy (non-hydrogen) atoms. The van der Waals surface area contributed by atoms with Crippen LogP contribution < -0.4 is 16.0 Å². The van der Waals surface area contributed by atoms with Gasteiger partial charge < -0.3 is 16.0 Å². The normalized spacial score (nSPS) is 11.0. The third-order valence-electron chi connectivity index (χ3n) is 3.45. The highest BCUT2D eigenvalue weighted by atomic mass is 16.1. The monoisotopic (exact) mass is 339 g/mol. The van der Waals surface area contributed by atoms with Crippen LogP contribution in [-0.4, -0.2) is 29.9 Å². The maximum atomic E-state index is 11.0. The summed E-state index contributed by atoms with van der Waals surface area (Å²) in [7, 11) is 0. The molecule has 132 valence electrons. The SMILES string of the molecule is CCNC(=NCc1ccccn1)NCCc1ccc(NC(C)=O)cc1. The van der Waals surface area contributed by atoms with Crippen molar-refractivity contribution < 1.29 is 4.79 Å². The predicted octanol–water partition coefficient (Wildman–Crippen LogP) is 2.34. The zero-order valence-electron chi connectivity index (χ0n) is 14.7. The summed E-state index contributed by atoms with van der Waals surface area (Å²) >= 11 is 0. The molecule has 0 aliphatic heterocycles. The third-order valence-corrected chi connectivity index (χ3v) is 3.45. The van der Waals surface area contributed by atoms with Crippen molar-refractivity contribution in [1.82, 2.24) is 15.6 Å². The number of carbonyl (C=O) groups is 1. The highest BCUT2D eigenvalue weighted by molar-refractivity contribution is 5.88. The maximum absolute atomic E-state index is 11.0. The number of hydrogen-bond acceptors (Lipinski definition) is 3. The molecule has 0 spiro atoms. The molecule has 2 aromatic rings. The molecular weight excluding hydrogens is 314 g/mol. The van der Waals surface area contributed by atoms with E-state index in [4.69, 9.17) is 0 Å². The largest absolute Gasteiger partial charge is 0.357 e. The van der Waals surface area contributed by atoms with Gasteiger partial charge in [0.15, 0.2) is 5.96 Å². The van der Waals surface area contributed by atoms with Crippen LogP contribution in [0.2, 0.25) is 0 Å². The van der Waals surface area contributed by atoms with Crippen LogP contribution in [0.5, 0.6) is 0 Å². The Morgan fingerprint density at radius 3 is 2.56 bits per heavy atom. The number of aromatic nitrogens is 1. The molecule has 0 aliphatic carbocycles. The number of benzene rings is 1. The Kier molecular flexibility index (Phi) is 7.43. The summed E-state index contributed by atoms with van der Waals surface area (Å²) in [5, 5.41) is 9.33. The standard InChI is InChI=1S/C19H25N5O/c1-3-20-19(23-14-18-6-4-5-12-21-18)22-13-11-16-7-9-17(10-8-16)24-15(2)25/h4-10,12H,3,11,13-14H2,1-2H3,(H,24,25)(H2,20,22,23). The average Bonchev–Trinajstić information content (AvgIpc) is 2.61. The minimum Gasteiger partial charge on any atom is -0.357 e. The lowest BCUT2D eigenvalue weighted by atomic mass is 10.1. The van der Waals surface area contributed by atoms with Gasteiger partial charge in [-0.2, -0.15) is 0 Å². The second-order valence-electron chi connectivity index (χ2n) is 5.57. The number of nitrogens with zero attached hydrogens (tertiary/aromatic N) is 2. The molecule has 0 atom stereocenters. The summed E-state index contributed by atoms with van der Waals surface area (Å²) in [6.45, 7) is 5.66. The summed E-state index contributed by atoms with van der Waals surface area (Å²) in [5.74, 6) is 0.719. The molecule has 6 nitrogen and oxygen atoms in total. The Labute approximate surface area is 148 Å². The number of nitrogens with one attached hydrogen (secondary N) is 3. The Morgan fingerprint density at radius 2 is 1.92 bits per heavy atom. The first-order chi connectivity index (χ1) is 12.2. The second kappa shape index (κ2) is 10.1. The first-order valence-electron chi connectivity index (χ1n) is 8.46. The van der Waals surface area contributed by atoms with E-state index < -0.39 is 0 Å². The highest BCUT2D eigenvalue weighted by Crippen LogP contribution is 2.09. The molecular formula is C19H25N5O. The number of rotatable bonds is 7. The van der Waals surface area contributed by atoms with Crippen LogP contribution >= 0.6 is 0 Å². The summed E-state index contributed by atoms with van der Waals surface area (Å²) in [4.78, 5) is 19.8. The van der Waals surface area contributed by atoms with E-state index in [2.05, 4.69) is 25.9 Å². The van der Waals surface area contributed by atoms with Gasteiger partial charge in [-0.3, -0.25) is 9.78 Å². The molecule has 1 aromatic carbocycles. The van der Waals surface area contributed by atoms with E-state index in [9.17, 15) is 4.79 Å². The van der Waals surface area contributed by atoms with Gasteiger partial charge in [0.1, 0.15) is 0 Å². The van der Waals surface area contributed by atoms with E-state index in [1.54, 1.807) is 6.20 Å². The predicted molar refractivity (Wildman–Crippen MR) is 102 cm³/mol. The van der Waals surface area contributed by atoms with Crippen molar-refractivity contribution in [2.45, 2.75) is 26.8 Å². The molecule has 0 saturated heterocycles. The van der Waals surface area contributed by atoms with Crippen LogP contribution in [0.25, 0.3) is 0 Å². The molecule has 2 rings (SSSR count). The van der Waals surface area contributed by atoms with Crippen LogP contribution in [-0.2, 0) is 17.8 Å². The van der Waals surface area contributed by atoms with E-state index >= 15 is 0 Å². The van der Waals surface area contributed by atoms with Gasteiger partial charge in [0, 0.05) is 31.9 Å². The van der Waals surface area contributed by atoms with Crippen LogP contribution in [0.15, 0.2) is 53.7 Å². The first kappa shape index (κ1) is 18.4. The lowest BCUT2D eigenvalue weighted by molar-refractivity contribution is -0.114. The van der Waals surface area contributed by atoms with Crippen molar-refractivity contribution in [1.29, 1.82) is 0 Å². The van der Waals surface area contributed by atoms with Crippen LogP contribution in [0.1, 0.15) is 25.1 Å². The van der Waals surface area contributed by atoms with Crippen molar-refractivity contribution in [2.24, 2.45) is 4.99 Å². The van der Waals surface area contributed by atoms with Crippen LogP contribution in [0.3, 0.4) is 0 Å². The third kappa shape index (κ3) is 7.03. The van der Waals surface area contributed by atoms with Gasteiger partial charge in [0.2, 0.25) is 5.91 Å². The Hall–Kier alpha value is -2.89. The van der Waals surface area contributed by atoms with Crippen LogP contribution in [0.4, 0.5) is 5.69 Å². The van der Waals surface area contributed by atoms with Gasteiger partial charge in [-0.25, -0.2) is 4.99 Å². The van der Waals surface area contributed by atoms with Gasteiger partial charge >= 0.3 is 0 Å². The maximum Gasteiger partial charge on any atom is 0.221 e. The number of aliphatic imine (C=N–C) groups is 1. The fourth-order valence-electron chi connectivity index (χ4n) is 2.28. The van der Waals surface area contributed by atoms with E-state index in [1.807, 2.05) is 49.4 Å². The smallest absolute Gasteiger partial charge is 0.221 e. The molecule has 0 bridgehead atoms. The number of carbonyl (C=O) groups excluding carboxylic acids is 1. The van der Waals surface area contributed by atoms with Crippen molar-refractivity contribution in [2.75, 3.05) is 18.4 Å². The molecule has 3 N–H and O–H groups in total. The highest BCUT2D eigenvalue weighted by Gasteiger charge is 2.00. The van der Waals surface area contributed by atoms with Gasteiger partial charge in [-0.1, -0.05) is 18.2 Å². The number of amides is 1. The summed E-state index contributed by atoms with van der Waals surface area (Å²) in [5.41, 5.74) is 2.95. The van der Waals surface area contributed by atoms with E-state index in [0.717, 1.165) is 36.9 Å². The number of guanidine groups is 1. The average molecular weight is 339 g/mol. The Morgan fingerprint density at radius 1 is 1.12 bits per heavy atom. The Bertz CT molecular complexity index is 683. The molecule has 0 fully saturated rings. The van der Waals surface area contributed by atoms with Crippen molar-refractivity contribution in [3.8, 4) is 0 Å². The molecule has 0 saturated carbocycles. The zero-order chi connectivity index (χ0) is 17.9. The molecule has 1 heterocycles. The fourth-order valence-corrected chi connectivity index (χ4v) is 2.28.